The average molecular weight is 370 g/mol. The van der Waals surface area contributed by atoms with Crippen molar-refractivity contribution in [3.8, 4) is 6.07 Å². The Balaban J connectivity index is 2.34. The second kappa shape index (κ2) is 5.51. The van der Waals surface area contributed by atoms with Crippen molar-refractivity contribution in [1.82, 2.24) is 0 Å². The Morgan fingerprint density at radius 1 is 1.11 bits per heavy atom. The summed E-state index contributed by atoms with van der Waals surface area (Å²) < 4.78 is 15.1. The predicted octanol–water partition coefficient (Wildman–Crippen LogP) is 4.97. The van der Waals surface area contributed by atoms with E-state index in [0.717, 1.165) is 14.6 Å². The van der Waals surface area contributed by atoms with Crippen molar-refractivity contribution in [2.24, 2.45) is 0 Å². The second-order valence-corrected chi connectivity index (χ2v) is 5.36. The molecule has 2 rings (SSSR count). The van der Waals surface area contributed by atoms with E-state index in [1.54, 1.807) is 6.07 Å². The van der Waals surface area contributed by atoms with E-state index in [2.05, 4.69) is 37.2 Å². The van der Waals surface area contributed by atoms with E-state index >= 15 is 0 Å². The van der Waals surface area contributed by atoms with Crippen molar-refractivity contribution in [3.05, 3.63) is 56.7 Å². The number of hydrogen-bond acceptors (Lipinski definition) is 2. The standard InChI is InChI=1S/C13H7Br2FN2/c14-9-1-2-13(12(15)5-9)18-11-4-8(7-17)3-10(16)6-11/h1-6,18H. The third kappa shape index (κ3) is 3.09. The summed E-state index contributed by atoms with van der Waals surface area (Å²) in [6, 6.07) is 11.7. The molecule has 1 N–H and O–H groups in total. The number of benzene rings is 2. The highest BCUT2D eigenvalue weighted by molar-refractivity contribution is 9.11. The van der Waals surface area contributed by atoms with Crippen LogP contribution in [0.1, 0.15) is 5.56 Å². The molecule has 90 valence electrons. The summed E-state index contributed by atoms with van der Waals surface area (Å²) >= 11 is 6.76. The molecule has 0 bridgehead atoms. The zero-order chi connectivity index (χ0) is 13.1. The third-order valence-electron chi connectivity index (χ3n) is 2.24. The first-order valence-electron chi connectivity index (χ1n) is 5.01. The minimum absolute atomic E-state index is 0.283. The number of rotatable bonds is 2. The minimum Gasteiger partial charge on any atom is -0.354 e. The lowest BCUT2D eigenvalue weighted by atomic mass is 10.2. The van der Waals surface area contributed by atoms with Crippen LogP contribution in [0.4, 0.5) is 15.8 Å². The van der Waals surface area contributed by atoms with Crippen LogP contribution in [0.15, 0.2) is 45.3 Å². The maximum atomic E-state index is 13.3. The molecule has 0 atom stereocenters. The van der Waals surface area contributed by atoms with Crippen LogP contribution in [0.5, 0.6) is 0 Å². The van der Waals surface area contributed by atoms with E-state index in [4.69, 9.17) is 5.26 Å². The van der Waals surface area contributed by atoms with Crippen LogP contribution in [0.2, 0.25) is 0 Å². The number of anilines is 2. The number of nitrogens with zero attached hydrogens (tertiary/aromatic N) is 1. The first kappa shape index (κ1) is 13.1. The Hall–Kier alpha value is -1.38. The fourth-order valence-corrected chi connectivity index (χ4v) is 2.62. The molecule has 0 unspecified atom stereocenters. The van der Waals surface area contributed by atoms with Gasteiger partial charge in [0.1, 0.15) is 5.82 Å². The van der Waals surface area contributed by atoms with E-state index in [9.17, 15) is 4.39 Å². The summed E-state index contributed by atoms with van der Waals surface area (Å²) in [5.41, 5.74) is 1.62. The van der Waals surface area contributed by atoms with Crippen molar-refractivity contribution in [3.63, 3.8) is 0 Å². The normalized spacial score (nSPS) is 9.89. The number of nitriles is 1. The van der Waals surface area contributed by atoms with Crippen molar-refractivity contribution in [2.75, 3.05) is 5.32 Å². The van der Waals surface area contributed by atoms with Crippen molar-refractivity contribution in [2.45, 2.75) is 0 Å². The minimum atomic E-state index is -0.440. The molecule has 0 spiro atoms. The Bertz CT molecular complexity index is 635. The van der Waals surface area contributed by atoms with Crippen LogP contribution in [-0.4, -0.2) is 0 Å². The summed E-state index contributed by atoms with van der Waals surface area (Å²) in [7, 11) is 0. The quantitative estimate of drug-likeness (QED) is 0.811. The molecule has 0 saturated heterocycles. The summed E-state index contributed by atoms with van der Waals surface area (Å²) in [5.74, 6) is -0.440. The van der Waals surface area contributed by atoms with Crippen LogP contribution < -0.4 is 5.32 Å². The molecule has 0 amide bonds. The van der Waals surface area contributed by atoms with Crippen molar-refractivity contribution >= 4 is 43.2 Å². The topological polar surface area (TPSA) is 35.8 Å². The van der Waals surface area contributed by atoms with Crippen molar-refractivity contribution in [1.29, 1.82) is 5.26 Å². The first-order chi connectivity index (χ1) is 8.58. The summed E-state index contributed by atoms with van der Waals surface area (Å²) in [5, 5.41) is 11.8. The van der Waals surface area contributed by atoms with Crippen molar-refractivity contribution < 1.29 is 4.39 Å². The highest BCUT2D eigenvalue weighted by Gasteiger charge is 2.04. The van der Waals surface area contributed by atoms with Gasteiger partial charge in [0.25, 0.3) is 0 Å². The van der Waals surface area contributed by atoms with Crippen LogP contribution in [0.25, 0.3) is 0 Å². The maximum Gasteiger partial charge on any atom is 0.126 e. The maximum absolute atomic E-state index is 13.3. The van der Waals surface area contributed by atoms with Crippen LogP contribution in [-0.2, 0) is 0 Å². The predicted molar refractivity (Wildman–Crippen MR) is 76.2 cm³/mol. The van der Waals surface area contributed by atoms with Gasteiger partial charge in [-0.25, -0.2) is 4.39 Å². The van der Waals surface area contributed by atoms with E-state index < -0.39 is 5.82 Å². The molecular weight excluding hydrogens is 363 g/mol. The van der Waals surface area contributed by atoms with Gasteiger partial charge in [-0.1, -0.05) is 15.9 Å². The number of hydrogen-bond donors (Lipinski definition) is 1. The van der Waals surface area contributed by atoms with E-state index in [1.807, 2.05) is 24.3 Å². The largest absolute Gasteiger partial charge is 0.354 e. The molecule has 0 heterocycles. The summed E-state index contributed by atoms with van der Waals surface area (Å²) in [6.45, 7) is 0. The van der Waals surface area contributed by atoms with E-state index in [-0.39, 0.29) is 5.56 Å². The van der Waals surface area contributed by atoms with Gasteiger partial charge in [0.15, 0.2) is 0 Å². The molecule has 0 radical (unpaired) electrons. The van der Waals surface area contributed by atoms with Gasteiger partial charge in [-0.15, -0.1) is 0 Å². The third-order valence-corrected chi connectivity index (χ3v) is 3.39. The Morgan fingerprint density at radius 3 is 2.56 bits per heavy atom. The molecular formula is C13H7Br2FN2. The van der Waals surface area contributed by atoms with Gasteiger partial charge in [-0.05, 0) is 52.3 Å². The molecule has 0 aliphatic heterocycles. The molecule has 0 aromatic heterocycles. The van der Waals surface area contributed by atoms with Crippen LogP contribution >= 0.6 is 31.9 Å². The Kier molecular flexibility index (Phi) is 4.00. The molecule has 2 nitrogen and oxygen atoms in total. The smallest absolute Gasteiger partial charge is 0.126 e. The lowest BCUT2D eigenvalue weighted by molar-refractivity contribution is 0.628. The van der Waals surface area contributed by atoms with Gasteiger partial charge < -0.3 is 5.32 Å². The number of nitrogens with one attached hydrogen (secondary N) is 1. The first-order valence-corrected chi connectivity index (χ1v) is 6.60. The highest BCUT2D eigenvalue weighted by atomic mass is 79.9. The highest BCUT2D eigenvalue weighted by Crippen LogP contribution is 2.29. The summed E-state index contributed by atoms with van der Waals surface area (Å²) in [6.07, 6.45) is 0. The molecule has 5 heteroatoms. The lowest BCUT2D eigenvalue weighted by Gasteiger charge is -2.09. The Labute approximate surface area is 121 Å². The Morgan fingerprint density at radius 2 is 1.89 bits per heavy atom. The van der Waals surface area contributed by atoms with Crippen LogP contribution in [0, 0.1) is 17.1 Å². The van der Waals surface area contributed by atoms with E-state index in [1.165, 1.54) is 12.1 Å². The molecule has 18 heavy (non-hydrogen) atoms. The molecule has 0 aliphatic rings. The van der Waals surface area contributed by atoms with E-state index in [0.29, 0.717) is 5.69 Å². The number of halogens is 3. The monoisotopic (exact) mass is 368 g/mol. The molecule has 0 fully saturated rings. The van der Waals surface area contributed by atoms with Gasteiger partial charge in [-0.2, -0.15) is 5.26 Å². The van der Waals surface area contributed by atoms with Gasteiger partial charge in [-0.3, -0.25) is 0 Å². The molecule has 2 aromatic rings. The fourth-order valence-electron chi connectivity index (χ4n) is 1.47. The lowest BCUT2D eigenvalue weighted by Crippen LogP contribution is -1.93. The average Bonchev–Trinajstić information content (AvgIpc) is 2.32. The van der Waals surface area contributed by atoms with Crippen LogP contribution in [0.3, 0.4) is 0 Å². The SMILES string of the molecule is N#Cc1cc(F)cc(Nc2ccc(Br)cc2Br)c1. The van der Waals surface area contributed by atoms with Gasteiger partial charge in [0, 0.05) is 14.6 Å². The molecule has 0 saturated carbocycles. The fraction of sp³-hybridized carbons (Fsp3) is 0. The zero-order valence-corrected chi connectivity index (χ0v) is 12.2. The van der Waals surface area contributed by atoms with Gasteiger partial charge in [0.2, 0.25) is 0 Å². The summed E-state index contributed by atoms with van der Waals surface area (Å²) in [4.78, 5) is 0. The second-order valence-electron chi connectivity index (χ2n) is 3.59. The zero-order valence-electron chi connectivity index (χ0n) is 9.05. The molecule has 2 aromatic carbocycles. The van der Waals surface area contributed by atoms with Gasteiger partial charge >= 0.3 is 0 Å². The molecule has 0 aliphatic carbocycles. The van der Waals surface area contributed by atoms with Gasteiger partial charge in [0.05, 0.1) is 17.3 Å².